The van der Waals surface area contributed by atoms with Crippen molar-refractivity contribution in [3.8, 4) is 0 Å². The number of alkyl halides is 3. The summed E-state index contributed by atoms with van der Waals surface area (Å²) in [5.74, 6) is 0. The summed E-state index contributed by atoms with van der Waals surface area (Å²) in [6.07, 6.45) is -2.27. The predicted molar refractivity (Wildman–Crippen MR) is 77.9 cm³/mol. The lowest BCUT2D eigenvalue weighted by atomic mass is 10.0. The normalized spacial score (nSPS) is 18.2. The Morgan fingerprint density at radius 3 is 2.45 bits per heavy atom. The van der Waals surface area contributed by atoms with Gasteiger partial charge >= 0.3 is 6.18 Å². The Morgan fingerprint density at radius 2 is 1.95 bits per heavy atom. The minimum Gasteiger partial charge on any atom is -0.381 e. The molecule has 2 rings (SSSR count). The van der Waals surface area contributed by atoms with Gasteiger partial charge in [0.15, 0.2) is 0 Å². The predicted octanol–water partition coefficient (Wildman–Crippen LogP) is 4.36. The van der Waals surface area contributed by atoms with Gasteiger partial charge in [0.25, 0.3) is 0 Å². The summed E-state index contributed by atoms with van der Waals surface area (Å²) >= 11 is 3.22. The van der Waals surface area contributed by atoms with E-state index in [2.05, 4.69) is 33.1 Å². The fraction of sp³-hybridized carbons (Fsp3) is 0.571. The van der Waals surface area contributed by atoms with E-state index in [0.717, 1.165) is 50.3 Å². The summed E-state index contributed by atoms with van der Waals surface area (Å²) in [4.78, 5) is 2.37. The molecule has 112 valence electrons. The number of benzene rings is 1. The maximum Gasteiger partial charge on any atom is 0.416 e. The van der Waals surface area contributed by atoms with E-state index < -0.39 is 11.7 Å². The molecule has 1 heterocycles. The molecular formula is C14H18BrF3N2. The highest BCUT2D eigenvalue weighted by molar-refractivity contribution is 9.10. The third-order valence-corrected chi connectivity index (χ3v) is 4.35. The van der Waals surface area contributed by atoms with Crippen LogP contribution in [0.4, 0.5) is 18.9 Å². The van der Waals surface area contributed by atoms with Gasteiger partial charge in [-0.05, 0) is 53.5 Å². The summed E-state index contributed by atoms with van der Waals surface area (Å²) < 4.78 is 38.2. The topological polar surface area (TPSA) is 15.3 Å². The zero-order chi connectivity index (χ0) is 14.8. The second-order valence-corrected chi connectivity index (χ2v) is 5.90. The average molecular weight is 351 g/mol. The molecule has 0 spiro atoms. The van der Waals surface area contributed by atoms with Crippen LogP contribution in [-0.4, -0.2) is 30.6 Å². The van der Waals surface area contributed by atoms with Crippen molar-refractivity contribution in [2.45, 2.75) is 32.0 Å². The molecule has 20 heavy (non-hydrogen) atoms. The molecule has 1 aliphatic heterocycles. The Morgan fingerprint density at radius 1 is 1.30 bits per heavy atom. The van der Waals surface area contributed by atoms with Crippen molar-refractivity contribution < 1.29 is 13.2 Å². The molecule has 1 aromatic rings. The number of hydrogen-bond donors (Lipinski definition) is 1. The third kappa shape index (κ3) is 3.88. The molecular weight excluding hydrogens is 333 g/mol. The van der Waals surface area contributed by atoms with E-state index in [4.69, 9.17) is 0 Å². The highest BCUT2D eigenvalue weighted by atomic mass is 79.9. The van der Waals surface area contributed by atoms with Gasteiger partial charge in [-0.3, -0.25) is 0 Å². The smallest absolute Gasteiger partial charge is 0.381 e. The van der Waals surface area contributed by atoms with Crippen molar-refractivity contribution in [3.05, 3.63) is 28.2 Å². The molecule has 0 atom stereocenters. The molecule has 0 aliphatic carbocycles. The average Bonchev–Trinajstić information content (AvgIpc) is 2.41. The summed E-state index contributed by atoms with van der Waals surface area (Å²) in [6, 6.07) is 4.07. The van der Waals surface area contributed by atoms with Crippen molar-refractivity contribution >= 4 is 21.6 Å². The van der Waals surface area contributed by atoms with Gasteiger partial charge in [0.2, 0.25) is 0 Å². The second-order valence-electron chi connectivity index (χ2n) is 5.05. The molecule has 2 nitrogen and oxygen atoms in total. The van der Waals surface area contributed by atoms with Crippen molar-refractivity contribution in [2.24, 2.45) is 0 Å². The molecule has 1 saturated heterocycles. The van der Waals surface area contributed by atoms with Gasteiger partial charge in [-0.2, -0.15) is 13.2 Å². The summed E-state index contributed by atoms with van der Waals surface area (Å²) in [7, 11) is 0. The minimum absolute atomic E-state index is 0.325. The quantitative estimate of drug-likeness (QED) is 0.870. The lowest BCUT2D eigenvalue weighted by Crippen LogP contribution is -2.38. The lowest BCUT2D eigenvalue weighted by Gasteiger charge is -2.32. The number of nitrogens with zero attached hydrogens (tertiary/aromatic N) is 1. The molecule has 1 fully saturated rings. The molecule has 1 aromatic carbocycles. The Kier molecular flexibility index (Phi) is 4.96. The highest BCUT2D eigenvalue weighted by Gasteiger charge is 2.31. The van der Waals surface area contributed by atoms with Gasteiger partial charge in [0.1, 0.15) is 0 Å². The highest BCUT2D eigenvalue weighted by Crippen LogP contribution is 2.34. The van der Waals surface area contributed by atoms with Crippen LogP contribution in [0.5, 0.6) is 0 Å². The number of halogens is 4. The second kappa shape index (κ2) is 6.35. The molecule has 6 heteroatoms. The van der Waals surface area contributed by atoms with Gasteiger partial charge in [0.05, 0.1) is 5.56 Å². The zero-order valence-corrected chi connectivity index (χ0v) is 12.9. The molecule has 1 N–H and O–H groups in total. The van der Waals surface area contributed by atoms with Crippen LogP contribution in [0.15, 0.2) is 22.7 Å². The van der Waals surface area contributed by atoms with E-state index in [9.17, 15) is 13.2 Å². The number of piperidine rings is 1. The largest absolute Gasteiger partial charge is 0.416 e. The number of anilines is 1. The van der Waals surface area contributed by atoms with Crippen LogP contribution in [0.2, 0.25) is 0 Å². The van der Waals surface area contributed by atoms with E-state index in [1.54, 1.807) is 0 Å². The first-order valence-corrected chi connectivity index (χ1v) is 7.55. The monoisotopic (exact) mass is 350 g/mol. The van der Waals surface area contributed by atoms with Crippen LogP contribution in [0.3, 0.4) is 0 Å². The number of likely N-dealkylation sites (tertiary alicyclic amines) is 1. The fourth-order valence-corrected chi connectivity index (χ4v) is 2.92. The Hall–Kier alpha value is -0.750. The van der Waals surface area contributed by atoms with E-state index in [1.165, 1.54) is 6.07 Å². The third-order valence-electron chi connectivity index (χ3n) is 3.69. The van der Waals surface area contributed by atoms with E-state index >= 15 is 0 Å². The SMILES string of the molecule is CCN1CCC(Nc2ccc(C(F)(F)F)cc2Br)CC1. The van der Waals surface area contributed by atoms with Gasteiger partial charge in [-0.15, -0.1) is 0 Å². The van der Waals surface area contributed by atoms with E-state index in [1.807, 2.05) is 0 Å². The van der Waals surface area contributed by atoms with Crippen LogP contribution < -0.4 is 5.32 Å². The maximum absolute atomic E-state index is 12.6. The summed E-state index contributed by atoms with van der Waals surface area (Å²) in [5, 5.41) is 3.33. The zero-order valence-electron chi connectivity index (χ0n) is 11.3. The van der Waals surface area contributed by atoms with Crippen LogP contribution >= 0.6 is 15.9 Å². The number of rotatable bonds is 3. The van der Waals surface area contributed by atoms with Gasteiger partial charge in [-0.25, -0.2) is 0 Å². The van der Waals surface area contributed by atoms with Gasteiger partial charge < -0.3 is 10.2 Å². The van der Waals surface area contributed by atoms with E-state index in [0.29, 0.717) is 10.5 Å². The minimum atomic E-state index is -4.30. The van der Waals surface area contributed by atoms with Crippen molar-refractivity contribution in [1.29, 1.82) is 0 Å². The summed E-state index contributed by atoms with van der Waals surface area (Å²) in [6.45, 7) is 5.26. The van der Waals surface area contributed by atoms with Crippen LogP contribution in [0.25, 0.3) is 0 Å². The van der Waals surface area contributed by atoms with Crippen LogP contribution in [-0.2, 0) is 6.18 Å². The first-order chi connectivity index (χ1) is 9.40. The molecule has 0 saturated carbocycles. The molecule has 0 unspecified atom stereocenters. The van der Waals surface area contributed by atoms with Crippen molar-refractivity contribution in [3.63, 3.8) is 0 Å². The Labute approximate surface area is 125 Å². The van der Waals surface area contributed by atoms with Crippen LogP contribution in [0.1, 0.15) is 25.3 Å². The molecule has 0 bridgehead atoms. The Bertz CT molecular complexity index is 454. The molecule has 0 radical (unpaired) electrons. The van der Waals surface area contributed by atoms with Gasteiger partial charge in [0, 0.05) is 29.3 Å². The van der Waals surface area contributed by atoms with Crippen LogP contribution in [0, 0.1) is 0 Å². The van der Waals surface area contributed by atoms with E-state index in [-0.39, 0.29) is 0 Å². The maximum atomic E-state index is 12.6. The number of hydrogen-bond acceptors (Lipinski definition) is 2. The fourth-order valence-electron chi connectivity index (χ4n) is 2.42. The Balaban J connectivity index is 2.00. The van der Waals surface area contributed by atoms with Crippen molar-refractivity contribution in [2.75, 3.05) is 25.0 Å². The standard InChI is InChI=1S/C14H18BrF3N2/c1-2-20-7-5-11(6-8-20)19-13-4-3-10(9-12(13)15)14(16,17)18/h3-4,9,11,19H,2,5-8H2,1H3. The van der Waals surface area contributed by atoms with Gasteiger partial charge in [-0.1, -0.05) is 6.92 Å². The lowest BCUT2D eigenvalue weighted by molar-refractivity contribution is -0.137. The number of nitrogens with one attached hydrogen (secondary N) is 1. The molecule has 0 aromatic heterocycles. The van der Waals surface area contributed by atoms with Crippen molar-refractivity contribution in [1.82, 2.24) is 4.90 Å². The first kappa shape index (κ1) is 15.6. The molecule has 0 amide bonds. The molecule has 1 aliphatic rings. The first-order valence-electron chi connectivity index (χ1n) is 6.75. The summed E-state index contributed by atoms with van der Waals surface area (Å²) in [5.41, 5.74) is 0.101.